The summed E-state index contributed by atoms with van der Waals surface area (Å²) < 4.78 is 0. The average Bonchev–Trinajstić information content (AvgIpc) is 2.33. The first-order valence-electron chi connectivity index (χ1n) is 5.17. The second-order valence-corrected chi connectivity index (χ2v) is 5.28. The number of nitrogens with one attached hydrogen (secondary N) is 1. The Hall–Kier alpha value is -0.810. The van der Waals surface area contributed by atoms with E-state index in [1.165, 1.54) is 6.42 Å². The second-order valence-electron chi connectivity index (χ2n) is 3.59. The summed E-state index contributed by atoms with van der Waals surface area (Å²) in [4.78, 5) is 11.8. The van der Waals surface area contributed by atoms with Gasteiger partial charge in [-0.3, -0.25) is 4.79 Å². The van der Waals surface area contributed by atoms with E-state index in [9.17, 15) is 4.79 Å². The van der Waals surface area contributed by atoms with Gasteiger partial charge in [0, 0.05) is 0 Å². The number of hydrogen-bond donors (Lipinski definition) is 1. The second kappa shape index (κ2) is 5.50. The highest BCUT2D eigenvalue weighted by Gasteiger charge is 2.21. The lowest BCUT2D eigenvalue weighted by atomic mass is 10.2. The first kappa shape index (κ1) is 11.7. The molecule has 2 heterocycles. The molecule has 2 rings (SSSR count). The van der Waals surface area contributed by atoms with Crippen LogP contribution in [0.3, 0.4) is 0 Å². The zero-order valence-corrected chi connectivity index (χ0v) is 10.2. The van der Waals surface area contributed by atoms with E-state index in [4.69, 9.17) is 11.6 Å². The fourth-order valence-electron chi connectivity index (χ4n) is 1.54. The fraction of sp³-hybridized carbons (Fsp3) is 0.500. The van der Waals surface area contributed by atoms with Gasteiger partial charge in [-0.1, -0.05) is 18.0 Å². The summed E-state index contributed by atoms with van der Waals surface area (Å²) in [7, 11) is 0. The van der Waals surface area contributed by atoms with Crippen LogP contribution in [0.5, 0.6) is 0 Å². The molecule has 1 aliphatic heterocycles. The van der Waals surface area contributed by atoms with Gasteiger partial charge in [0.2, 0.25) is 5.91 Å². The number of nitrogens with zero attached hydrogens (tertiary/aromatic N) is 2. The lowest BCUT2D eigenvalue weighted by Crippen LogP contribution is -2.27. The maximum atomic E-state index is 11.8. The summed E-state index contributed by atoms with van der Waals surface area (Å²) in [6.07, 6.45) is 3.27. The van der Waals surface area contributed by atoms with E-state index in [-0.39, 0.29) is 11.2 Å². The maximum Gasteiger partial charge on any atom is 0.238 e. The molecule has 1 unspecified atom stereocenters. The summed E-state index contributed by atoms with van der Waals surface area (Å²) in [6, 6.07) is 3.26. The highest BCUT2D eigenvalue weighted by Crippen LogP contribution is 2.25. The zero-order chi connectivity index (χ0) is 11.4. The summed E-state index contributed by atoms with van der Waals surface area (Å²) in [6.45, 7) is 0. The van der Waals surface area contributed by atoms with Crippen molar-refractivity contribution in [1.82, 2.24) is 10.2 Å². The summed E-state index contributed by atoms with van der Waals surface area (Å²) in [5.74, 6) is 1.53. The van der Waals surface area contributed by atoms with Crippen LogP contribution in [0.2, 0.25) is 5.15 Å². The van der Waals surface area contributed by atoms with E-state index < -0.39 is 0 Å². The van der Waals surface area contributed by atoms with E-state index in [1.54, 1.807) is 23.9 Å². The van der Waals surface area contributed by atoms with Crippen LogP contribution in [-0.2, 0) is 4.79 Å². The SMILES string of the molecule is O=C(Nc1ccc(Cl)nn1)C1CCCCS1. The Morgan fingerprint density at radius 3 is 2.94 bits per heavy atom. The molecular formula is C10H12ClN3OS. The van der Waals surface area contributed by atoms with Crippen LogP contribution in [0.1, 0.15) is 19.3 Å². The molecule has 1 N–H and O–H groups in total. The normalized spacial score (nSPS) is 20.4. The Morgan fingerprint density at radius 1 is 1.44 bits per heavy atom. The standard InChI is InChI=1S/C10H12ClN3OS/c11-8-4-5-9(14-13-8)12-10(15)7-3-1-2-6-16-7/h4-5,7H,1-3,6H2,(H,12,14,15). The van der Waals surface area contributed by atoms with Crippen molar-refractivity contribution in [2.45, 2.75) is 24.5 Å². The van der Waals surface area contributed by atoms with Crippen molar-refractivity contribution in [3.63, 3.8) is 0 Å². The van der Waals surface area contributed by atoms with Gasteiger partial charge in [0.1, 0.15) is 0 Å². The molecule has 0 aromatic carbocycles. The number of rotatable bonds is 2. The van der Waals surface area contributed by atoms with E-state index in [1.807, 2.05) is 0 Å². The molecule has 1 aromatic rings. The predicted octanol–water partition coefficient (Wildman–Crippen LogP) is 2.35. The van der Waals surface area contributed by atoms with Crippen LogP contribution >= 0.6 is 23.4 Å². The van der Waals surface area contributed by atoms with Crippen LogP contribution in [0.25, 0.3) is 0 Å². The van der Waals surface area contributed by atoms with Gasteiger partial charge in [-0.2, -0.15) is 0 Å². The Bertz CT molecular complexity index is 365. The Balaban J connectivity index is 1.93. The van der Waals surface area contributed by atoms with Crippen LogP contribution in [0, 0.1) is 0 Å². The van der Waals surface area contributed by atoms with Gasteiger partial charge in [-0.15, -0.1) is 22.0 Å². The molecule has 1 amide bonds. The first-order chi connectivity index (χ1) is 7.75. The van der Waals surface area contributed by atoms with Gasteiger partial charge in [0.15, 0.2) is 11.0 Å². The van der Waals surface area contributed by atoms with Gasteiger partial charge in [-0.25, -0.2) is 0 Å². The molecule has 0 radical (unpaired) electrons. The fourth-order valence-corrected chi connectivity index (χ4v) is 2.84. The summed E-state index contributed by atoms with van der Waals surface area (Å²) >= 11 is 7.31. The van der Waals surface area contributed by atoms with Crippen molar-refractivity contribution in [2.75, 3.05) is 11.1 Å². The number of aromatic nitrogens is 2. The average molecular weight is 258 g/mol. The van der Waals surface area contributed by atoms with Crippen molar-refractivity contribution < 1.29 is 4.79 Å². The molecule has 0 bridgehead atoms. The lowest BCUT2D eigenvalue weighted by molar-refractivity contribution is -0.115. The van der Waals surface area contributed by atoms with E-state index in [0.717, 1.165) is 18.6 Å². The zero-order valence-electron chi connectivity index (χ0n) is 8.65. The molecule has 86 valence electrons. The number of carbonyl (C=O) groups excluding carboxylic acids is 1. The summed E-state index contributed by atoms with van der Waals surface area (Å²) in [5.41, 5.74) is 0. The van der Waals surface area contributed by atoms with Crippen molar-refractivity contribution in [1.29, 1.82) is 0 Å². The topological polar surface area (TPSA) is 54.9 Å². The van der Waals surface area contributed by atoms with Crippen molar-refractivity contribution in [2.24, 2.45) is 0 Å². The van der Waals surface area contributed by atoms with E-state index >= 15 is 0 Å². The molecule has 1 aliphatic rings. The third-order valence-electron chi connectivity index (χ3n) is 2.36. The monoisotopic (exact) mass is 257 g/mol. The first-order valence-corrected chi connectivity index (χ1v) is 6.60. The number of halogens is 1. The maximum absolute atomic E-state index is 11.8. The molecule has 6 heteroatoms. The highest BCUT2D eigenvalue weighted by molar-refractivity contribution is 8.00. The largest absolute Gasteiger partial charge is 0.308 e. The summed E-state index contributed by atoms with van der Waals surface area (Å²) in [5, 5.41) is 10.6. The molecule has 1 saturated heterocycles. The predicted molar refractivity (Wildman–Crippen MR) is 65.8 cm³/mol. The van der Waals surface area contributed by atoms with E-state index in [0.29, 0.717) is 11.0 Å². The third-order valence-corrected chi connectivity index (χ3v) is 3.93. The number of anilines is 1. The lowest BCUT2D eigenvalue weighted by Gasteiger charge is -2.19. The molecule has 1 aromatic heterocycles. The highest BCUT2D eigenvalue weighted by atomic mass is 35.5. The van der Waals surface area contributed by atoms with Crippen molar-refractivity contribution in [3.05, 3.63) is 17.3 Å². The Labute approximate surface area is 103 Å². The van der Waals surface area contributed by atoms with E-state index in [2.05, 4.69) is 15.5 Å². The molecule has 1 atom stereocenters. The van der Waals surface area contributed by atoms with Gasteiger partial charge < -0.3 is 5.32 Å². The quantitative estimate of drug-likeness (QED) is 0.884. The molecular weight excluding hydrogens is 246 g/mol. The Morgan fingerprint density at radius 2 is 2.31 bits per heavy atom. The van der Waals surface area contributed by atoms with Crippen LogP contribution < -0.4 is 5.32 Å². The molecule has 0 aliphatic carbocycles. The number of hydrogen-bond acceptors (Lipinski definition) is 4. The Kier molecular flexibility index (Phi) is 4.01. The number of thioether (sulfide) groups is 1. The molecule has 0 saturated carbocycles. The number of amides is 1. The minimum Gasteiger partial charge on any atom is -0.308 e. The minimum atomic E-state index is 0.0151. The minimum absolute atomic E-state index is 0.0151. The van der Waals surface area contributed by atoms with Crippen molar-refractivity contribution >= 4 is 35.1 Å². The van der Waals surface area contributed by atoms with Crippen LogP contribution in [0.15, 0.2) is 12.1 Å². The number of carbonyl (C=O) groups is 1. The van der Waals surface area contributed by atoms with Gasteiger partial charge in [-0.05, 0) is 30.7 Å². The van der Waals surface area contributed by atoms with Crippen molar-refractivity contribution in [3.8, 4) is 0 Å². The molecule has 16 heavy (non-hydrogen) atoms. The molecule has 1 fully saturated rings. The smallest absolute Gasteiger partial charge is 0.238 e. The van der Waals surface area contributed by atoms with Gasteiger partial charge in [0.05, 0.1) is 5.25 Å². The molecule has 4 nitrogen and oxygen atoms in total. The molecule has 0 spiro atoms. The van der Waals surface area contributed by atoms with Crippen LogP contribution in [0.4, 0.5) is 5.82 Å². The third kappa shape index (κ3) is 3.09. The van der Waals surface area contributed by atoms with Gasteiger partial charge in [0.25, 0.3) is 0 Å². The van der Waals surface area contributed by atoms with Gasteiger partial charge >= 0.3 is 0 Å². The van der Waals surface area contributed by atoms with Crippen LogP contribution in [-0.4, -0.2) is 27.1 Å².